The third-order valence-corrected chi connectivity index (χ3v) is 2.74. The first-order valence-corrected chi connectivity index (χ1v) is 6.28. The Hall–Kier alpha value is -1.35. The average molecular weight is 250 g/mol. The van der Waals surface area contributed by atoms with Gasteiger partial charge in [-0.05, 0) is 24.1 Å². The van der Waals surface area contributed by atoms with Crippen molar-refractivity contribution in [3.63, 3.8) is 0 Å². The lowest BCUT2D eigenvalue weighted by atomic mass is 10.2. The molecule has 2 aromatic heterocycles. The minimum absolute atomic E-state index is 0.479. The molecule has 0 N–H and O–H groups in total. The SMILES string of the molecule is CC(C)Cn1nc(-c2ccccn2)cc1CCl. The van der Waals surface area contributed by atoms with Crippen LogP contribution in [0, 0.1) is 5.92 Å². The quantitative estimate of drug-likeness (QED) is 0.778. The van der Waals surface area contributed by atoms with Gasteiger partial charge in [0.1, 0.15) is 5.69 Å². The molecule has 0 aromatic carbocycles. The normalized spacial score (nSPS) is 11.1. The first-order valence-electron chi connectivity index (χ1n) is 5.75. The highest BCUT2D eigenvalue weighted by molar-refractivity contribution is 6.16. The van der Waals surface area contributed by atoms with Crippen LogP contribution in [0.15, 0.2) is 30.5 Å². The molecule has 0 aliphatic heterocycles. The van der Waals surface area contributed by atoms with E-state index in [-0.39, 0.29) is 0 Å². The number of pyridine rings is 1. The van der Waals surface area contributed by atoms with Crippen LogP contribution in [0.5, 0.6) is 0 Å². The maximum absolute atomic E-state index is 5.94. The summed E-state index contributed by atoms with van der Waals surface area (Å²) in [5.41, 5.74) is 2.82. The van der Waals surface area contributed by atoms with Crippen LogP contribution >= 0.6 is 11.6 Å². The molecule has 17 heavy (non-hydrogen) atoms. The molecule has 4 heteroatoms. The number of aromatic nitrogens is 3. The largest absolute Gasteiger partial charge is 0.267 e. The lowest BCUT2D eigenvalue weighted by Gasteiger charge is -2.07. The van der Waals surface area contributed by atoms with E-state index in [9.17, 15) is 0 Å². The summed E-state index contributed by atoms with van der Waals surface area (Å²) in [5, 5.41) is 4.56. The Morgan fingerprint density at radius 2 is 2.12 bits per heavy atom. The molecule has 0 radical (unpaired) electrons. The molecule has 0 aliphatic rings. The van der Waals surface area contributed by atoms with Crippen LogP contribution < -0.4 is 0 Å². The average Bonchev–Trinajstić information content (AvgIpc) is 2.72. The monoisotopic (exact) mass is 249 g/mol. The van der Waals surface area contributed by atoms with Gasteiger partial charge in [0.25, 0.3) is 0 Å². The van der Waals surface area contributed by atoms with Crippen LogP contribution in [-0.4, -0.2) is 14.8 Å². The number of nitrogens with zero attached hydrogens (tertiary/aromatic N) is 3. The molecule has 2 heterocycles. The molecule has 0 fully saturated rings. The highest BCUT2D eigenvalue weighted by Crippen LogP contribution is 2.18. The van der Waals surface area contributed by atoms with Crippen LogP contribution in [0.4, 0.5) is 0 Å². The zero-order valence-corrected chi connectivity index (χ0v) is 10.9. The van der Waals surface area contributed by atoms with E-state index >= 15 is 0 Å². The minimum atomic E-state index is 0.479. The van der Waals surface area contributed by atoms with Gasteiger partial charge in [-0.2, -0.15) is 5.10 Å². The van der Waals surface area contributed by atoms with Crippen LogP contribution in [0.2, 0.25) is 0 Å². The predicted octanol–water partition coefficient (Wildman–Crippen LogP) is 3.34. The van der Waals surface area contributed by atoms with Gasteiger partial charge < -0.3 is 0 Å². The molecule has 0 amide bonds. The molecule has 3 nitrogen and oxygen atoms in total. The molecular weight excluding hydrogens is 234 g/mol. The molecule has 0 atom stereocenters. The zero-order chi connectivity index (χ0) is 12.3. The standard InChI is InChI=1S/C13H16ClN3/c1-10(2)9-17-11(8-14)7-13(16-17)12-5-3-4-6-15-12/h3-7,10H,8-9H2,1-2H3. The fourth-order valence-electron chi connectivity index (χ4n) is 1.71. The van der Waals surface area contributed by atoms with Gasteiger partial charge in [0.2, 0.25) is 0 Å². The molecular formula is C13H16ClN3. The second-order valence-corrected chi connectivity index (χ2v) is 4.71. The van der Waals surface area contributed by atoms with Crippen molar-refractivity contribution in [3.8, 4) is 11.4 Å². The third-order valence-electron chi connectivity index (χ3n) is 2.47. The molecule has 0 saturated heterocycles. The highest BCUT2D eigenvalue weighted by Gasteiger charge is 2.10. The molecule has 0 saturated carbocycles. The summed E-state index contributed by atoms with van der Waals surface area (Å²) >= 11 is 5.94. The molecule has 0 unspecified atom stereocenters. The van der Waals surface area contributed by atoms with Gasteiger partial charge in [0.15, 0.2) is 0 Å². The van der Waals surface area contributed by atoms with Crippen molar-refractivity contribution in [2.45, 2.75) is 26.3 Å². The highest BCUT2D eigenvalue weighted by atomic mass is 35.5. The first-order chi connectivity index (χ1) is 8.20. The van der Waals surface area contributed by atoms with Crippen molar-refractivity contribution in [1.29, 1.82) is 0 Å². The summed E-state index contributed by atoms with van der Waals surface area (Å²) in [4.78, 5) is 4.30. The van der Waals surface area contributed by atoms with Crippen molar-refractivity contribution < 1.29 is 0 Å². The van der Waals surface area contributed by atoms with E-state index in [4.69, 9.17) is 11.6 Å². The van der Waals surface area contributed by atoms with Gasteiger partial charge in [-0.3, -0.25) is 9.67 Å². The van der Waals surface area contributed by atoms with Crippen molar-refractivity contribution in [3.05, 3.63) is 36.2 Å². The van der Waals surface area contributed by atoms with Gasteiger partial charge in [0.05, 0.1) is 17.3 Å². The van der Waals surface area contributed by atoms with E-state index in [1.165, 1.54) is 0 Å². The van der Waals surface area contributed by atoms with E-state index < -0.39 is 0 Å². The smallest absolute Gasteiger partial charge is 0.111 e. The fraction of sp³-hybridized carbons (Fsp3) is 0.385. The summed E-state index contributed by atoms with van der Waals surface area (Å²) in [6.45, 7) is 5.22. The Balaban J connectivity index is 2.34. The molecule has 2 aromatic rings. The number of alkyl halides is 1. The number of rotatable bonds is 4. The number of halogens is 1. The predicted molar refractivity (Wildman–Crippen MR) is 69.9 cm³/mol. The summed E-state index contributed by atoms with van der Waals surface area (Å²) in [5.74, 6) is 1.03. The lowest BCUT2D eigenvalue weighted by molar-refractivity contribution is 0.474. The Labute approximate surface area is 106 Å². The third kappa shape index (κ3) is 2.86. The van der Waals surface area contributed by atoms with Crippen molar-refractivity contribution in [1.82, 2.24) is 14.8 Å². The van der Waals surface area contributed by atoms with E-state index in [0.29, 0.717) is 11.8 Å². The summed E-state index contributed by atoms with van der Waals surface area (Å²) in [6, 6.07) is 7.83. The van der Waals surface area contributed by atoms with E-state index in [1.807, 2.05) is 28.9 Å². The first kappa shape index (κ1) is 12.1. The number of hydrogen-bond acceptors (Lipinski definition) is 2. The van der Waals surface area contributed by atoms with Gasteiger partial charge in [-0.15, -0.1) is 11.6 Å². The lowest BCUT2D eigenvalue weighted by Crippen LogP contribution is -2.08. The summed E-state index contributed by atoms with van der Waals surface area (Å²) in [6.07, 6.45) is 1.77. The number of hydrogen-bond donors (Lipinski definition) is 0. The van der Waals surface area contributed by atoms with E-state index in [0.717, 1.165) is 23.6 Å². The Bertz CT molecular complexity index is 477. The van der Waals surface area contributed by atoms with Gasteiger partial charge >= 0.3 is 0 Å². The topological polar surface area (TPSA) is 30.7 Å². The van der Waals surface area contributed by atoms with E-state index in [1.54, 1.807) is 6.20 Å². The minimum Gasteiger partial charge on any atom is -0.267 e. The van der Waals surface area contributed by atoms with Gasteiger partial charge in [0, 0.05) is 12.7 Å². The van der Waals surface area contributed by atoms with Crippen LogP contribution in [0.25, 0.3) is 11.4 Å². The molecule has 90 valence electrons. The Morgan fingerprint density at radius 1 is 1.29 bits per heavy atom. The van der Waals surface area contributed by atoms with Crippen molar-refractivity contribution in [2.75, 3.05) is 0 Å². The Morgan fingerprint density at radius 3 is 2.71 bits per heavy atom. The molecule has 0 bridgehead atoms. The Kier molecular flexibility index (Phi) is 3.79. The van der Waals surface area contributed by atoms with Crippen molar-refractivity contribution in [2.24, 2.45) is 5.92 Å². The molecule has 0 aliphatic carbocycles. The maximum atomic E-state index is 5.94. The van der Waals surface area contributed by atoms with E-state index in [2.05, 4.69) is 23.9 Å². The van der Waals surface area contributed by atoms with Crippen LogP contribution in [0.1, 0.15) is 19.5 Å². The second kappa shape index (κ2) is 5.32. The summed E-state index contributed by atoms with van der Waals surface area (Å²) in [7, 11) is 0. The van der Waals surface area contributed by atoms with Crippen molar-refractivity contribution >= 4 is 11.6 Å². The second-order valence-electron chi connectivity index (χ2n) is 4.45. The maximum Gasteiger partial charge on any atom is 0.111 e. The summed E-state index contributed by atoms with van der Waals surface area (Å²) < 4.78 is 1.97. The molecule has 0 spiro atoms. The van der Waals surface area contributed by atoms with Gasteiger partial charge in [-0.1, -0.05) is 19.9 Å². The van der Waals surface area contributed by atoms with Gasteiger partial charge in [-0.25, -0.2) is 0 Å². The van der Waals surface area contributed by atoms with Crippen LogP contribution in [-0.2, 0) is 12.4 Å². The fourth-order valence-corrected chi connectivity index (χ4v) is 1.92. The van der Waals surface area contributed by atoms with Crippen LogP contribution in [0.3, 0.4) is 0 Å². The zero-order valence-electron chi connectivity index (χ0n) is 10.1. The molecule has 2 rings (SSSR count).